The first-order valence-electron chi connectivity index (χ1n) is 9.57. The van der Waals surface area contributed by atoms with Crippen molar-refractivity contribution in [1.82, 2.24) is 10.6 Å². The summed E-state index contributed by atoms with van der Waals surface area (Å²) in [7, 11) is 1.78. The van der Waals surface area contributed by atoms with E-state index < -0.39 is 18.1 Å². The van der Waals surface area contributed by atoms with Crippen molar-refractivity contribution in [3.63, 3.8) is 0 Å². The average Bonchev–Trinajstić information content (AvgIpc) is 2.79. The van der Waals surface area contributed by atoms with Gasteiger partial charge in [-0.1, -0.05) is 56.3 Å². The van der Waals surface area contributed by atoms with Crippen LogP contribution in [0.4, 0.5) is 5.69 Å². The molecule has 0 radical (unpaired) electrons. The van der Waals surface area contributed by atoms with Gasteiger partial charge < -0.3 is 20.6 Å². The van der Waals surface area contributed by atoms with E-state index in [9.17, 15) is 14.7 Å². The summed E-state index contributed by atoms with van der Waals surface area (Å²) in [4.78, 5) is 26.7. The minimum absolute atomic E-state index is 0.0501. The molecule has 2 amide bonds. The van der Waals surface area contributed by atoms with Crippen molar-refractivity contribution in [3.8, 4) is 11.1 Å². The number of nitrogens with zero attached hydrogens (tertiary/aromatic N) is 1. The first kappa shape index (κ1) is 20.0. The van der Waals surface area contributed by atoms with Gasteiger partial charge in [0.25, 0.3) is 0 Å². The summed E-state index contributed by atoms with van der Waals surface area (Å²) >= 11 is 0. The Morgan fingerprint density at radius 1 is 1.07 bits per heavy atom. The van der Waals surface area contributed by atoms with Crippen LogP contribution in [0.25, 0.3) is 11.1 Å². The predicted octanol–water partition coefficient (Wildman–Crippen LogP) is 2.09. The molecule has 0 spiro atoms. The number of nitrogens with one attached hydrogen (secondary N) is 2. The van der Waals surface area contributed by atoms with Crippen molar-refractivity contribution < 1.29 is 14.7 Å². The molecule has 0 saturated heterocycles. The first-order valence-corrected chi connectivity index (χ1v) is 9.57. The van der Waals surface area contributed by atoms with E-state index in [-0.39, 0.29) is 11.8 Å². The van der Waals surface area contributed by atoms with Crippen LogP contribution < -0.4 is 15.5 Å². The van der Waals surface area contributed by atoms with E-state index in [1.165, 1.54) is 0 Å². The third-order valence-corrected chi connectivity index (χ3v) is 5.08. The zero-order chi connectivity index (χ0) is 20.3. The van der Waals surface area contributed by atoms with Gasteiger partial charge in [-0.25, -0.2) is 0 Å². The number of fused-ring (bicyclic) bond motifs is 3. The zero-order valence-electron chi connectivity index (χ0n) is 16.5. The number of benzene rings is 2. The van der Waals surface area contributed by atoms with Gasteiger partial charge in [0.2, 0.25) is 11.8 Å². The largest absolute Gasteiger partial charge is 0.383 e. The maximum atomic E-state index is 13.1. The standard InChI is InChI=1S/C22H27N3O3/c1-14(2)20(26)21(27)24-13-12-23-19-17-10-5-4-8-15(17)16-9-6-7-11-18(16)25(3)22(19)28/h4-11,14,19-20,23,26H,12-13H2,1-3H3,(H,24,27). The van der Waals surface area contributed by atoms with Crippen LogP contribution in [0, 0.1) is 5.92 Å². The Morgan fingerprint density at radius 3 is 2.43 bits per heavy atom. The van der Waals surface area contributed by atoms with Gasteiger partial charge >= 0.3 is 0 Å². The van der Waals surface area contributed by atoms with Gasteiger partial charge in [0, 0.05) is 25.7 Å². The van der Waals surface area contributed by atoms with E-state index in [0.29, 0.717) is 13.1 Å². The summed E-state index contributed by atoms with van der Waals surface area (Å²) in [5.74, 6) is -0.588. The summed E-state index contributed by atoms with van der Waals surface area (Å²) in [6, 6.07) is 15.2. The molecule has 0 fully saturated rings. The summed E-state index contributed by atoms with van der Waals surface area (Å²) in [6.45, 7) is 4.31. The fraction of sp³-hybridized carbons (Fsp3) is 0.364. The quantitative estimate of drug-likeness (QED) is 0.670. The highest BCUT2D eigenvalue weighted by Gasteiger charge is 2.31. The summed E-state index contributed by atoms with van der Waals surface area (Å²) < 4.78 is 0. The monoisotopic (exact) mass is 381 g/mol. The molecule has 0 bridgehead atoms. The second-order valence-electron chi connectivity index (χ2n) is 7.37. The van der Waals surface area contributed by atoms with E-state index in [2.05, 4.69) is 10.6 Å². The minimum atomic E-state index is -1.03. The lowest BCUT2D eigenvalue weighted by atomic mass is 9.95. The second kappa shape index (κ2) is 8.54. The Balaban J connectivity index is 1.77. The van der Waals surface area contributed by atoms with Crippen LogP contribution >= 0.6 is 0 Å². The highest BCUT2D eigenvalue weighted by molar-refractivity contribution is 6.04. The van der Waals surface area contributed by atoms with E-state index in [4.69, 9.17) is 0 Å². The summed E-state index contributed by atoms with van der Waals surface area (Å²) in [6.07, 6.45) is -1.03. The van der Waals surface area contributed by atoms with Crippen LogP contribution in [0.3, 0.4) is 0 Å². The molecule has 0 aliphatic carbocycles. The summed E-state index contributed by atoms with van der Waals surface area (Å²) in [5, 5.41) is 15.8. The molecule has 1 heterocycles. The topological polar surface area (TPSA) is 81.7 Å². The maximum Gasteiger partial charge on any atom is 0.249 e. The fourth-order valence-electron chi connectivity index (χ4n) is 3.44. The molecule has 148 valence electrons. The lowest BCUT2D eigenvalue weighted by Gasteiger charge is -2.23. The molecule has 2 atom stereocenters. The molecule has 3 N–H and O–H groups in total. The molecule has 1 aliphatic rings. The van der Waals surface area contributed by atoms with Gasteiger partial charge in [-0.2, -0.15) is 0 Å². The van der Waals surface area contributed by atoms with Gasteiger partial charge in [-0.15, -0.1) is 0 Å². The van der Waals surface area contributed by atoms with E-state index >= 15 is 0 Å². The number of hydrogen-bond donors (Lipinski definition) is 3. The lowest BCUT2D eigenvalue weighted by molar-refractivity contribution is -0.131. The molecule has 1 aliphatic heterocycles. The second-order valence-corrected chi connectivity index (χ2v) is 7.37. The molecule has 0 saturated carbocycles. The molecule has 28 heavy (non-hydrogen) atoms. The summed E-state index contributed by atoms with van der Waals surface area (Å²) in [5.41, 5.74) is 3.83. The lowest BCUT2D eigenvalue weighted by Crippen LogP contribution is -2.43. The number of carbonyl (C=O) groups is 2. The number of para-hydroxylation sites is 1. The Hall–Kier alpha value is -2.70. The van der Waals surface area contributed by atoms with E-state index in [1.54, 1.807) is 25.8 Å². The third-order valence-electron chi connectivity index (χ3n) is 5.08. The predicted molar refractivity (Wildman–Crippen MR) is 110 cm³/mol. The maximum absolute atomic E-state index is 13.1. The van der Waals surface area contributed by atoms with Gasteiger partial charge in [-0.05, 0) is 23.1 Å². The Labute approximate surface area is 165 Å². The number of rotatable bonds is 6. The Kier molecular flexibility index (Phi) is 6.11. The number of amides is 2. The van der Waals surface area contributed by atoms with Crippen molar-refractivity contribution in [1.29, 1.82) is 0 Å². The van der Waals surface area contributed by atoms with E-state index in [0.717, 1.165) is 22.4 Å². The normalized spacial score (nSPS) is 17.0. The molecule has 2 aromatic rings. The van der Waals surface area contributed by atoms with Crippen LogP contribution in [0.5, 0.6) is 0 Å². The number of hydrogen-bond acceptors (Lipinski definition) is 4. The molecular formula is C22H27N3O3. The molecule has 2 unspecified atom stereocenters. The zero-order valence-corrected chi connectivity index (χ0v) is 16.5. The van der Waals surface area contributed by atoms with Gasteiger partial charge in [0.15, 0.2) is 0 Å². The molecule has 2 aromatic carbocycles. The number of aliphatic hydroxyl groups is 1. The van der Waals surface area contributed by atoms with Crippen molar-refractivity contribution in [2.75, 3.05) is 25.0 Å². The SMILES string of the molecule is CC(C)C(O)C(=O)NCCNC1C(=O)N(C)c2ccccc2-c2ccccc21. The fourth-order valence-corrected chi connectivity index (χ4v) is 3.44. The first-order chi connectivity index (χ1) is 13.4. The van der Waals surface area contributed by atoms with Crippen LogP contribution in [-0.4, -0.2) is 43.2 Å². The van der Waals surface area contributed by atoms with Crippen molar-refractivity contribution in [2.24, 2.45) is 5.92 Å². The van der Waals surface area contributed by atoms with Crippen LogP contribution in [0.1, 0.15) is 25.5 Å². The van der Waals surface area contributed by atoms with Crippen LogP contribution in [0.2, 0.25) is 0 Å². The van der Waals surface area contributed by atoms with Gasteiger partial charge in [0.05, 0.1) is 5.69 Å². The highest BCUT2D eigenvalue weighted by Crippen LogP contribution is 2.39. The molecule has 0 aromatic heterocycles. The smallest absolute Gasteiger partial charge is 0.249 e. The average molecular weight is 381 g/mol. The van der Waals surface area contributed by atoms with Gasteiger partial charge in [0.1, 0.15) is 12.1 Å². The number of likely N-dealkylation sites (N-methyl/N-ethyl adjacent to an activating group) is 1. The van der Waals surface area contributed by atoms with Crippen molar-refractivity contribution >= 4 is 17.5 Å². The molecule has 6 nitrogen and oxygen atoms in total. The number of carbonyl (C=O) groups excluding carboxylic acids is 2. The minimum Gasteiger partial charge on any atom is -0.383 e. The number of anilines is 1. The number of aliphatic hydroxyl groups excluding tert-OH is 1. The molecular weight excluding hydrogens is 354 g/mol. The highest BCUT2D eigenvalue weighted by atomic mass is 16.3. The van der Waals surface area contributed by atoms with E-state index in [1.807, 2.05) is 48.5 Å². The van der Waals surface area contributed by atoms with Crippen LogP contribution in [-0.2, 0) is 9.59 Å². The van der Waals surface area contributed by atoms with Crippen molar-refractivity contribution in [2.45, 2.75) is 26.0 Å². The Morgan fingerprint density at radius 2 is 1.71 bits per heavy atom. The third kappa shape index (κ3) is 3.93. The molecule has 6 heteroatoms. The van der Waals surface area contributed by atoms with Gasteiger partial charge in [-0.3, -0.25) is 9.59 Å². The Bertz CT molecular complexity index is 866. The molecule has 3 rings (SSSR count). The van der Waals surface area contributed by atoms with Crippen LogP contribution in [0.15, 0.2) is 48.5 Å². The van der Waals surface area contributed by atoms with Crippen molar-refractivity contribution in [3.05, 3.63) is 54.1 Å².